The van der Waals surface area contributed by atoms with Crippen molar-refractivity contribution in [1.82, 2.24) is 9.88 Å². The Morgan fingerprint density at radius 2 is 2.15 bits per heavy atom. The maximum Gasteiger partial charge on any atom is 0.139 e. The van der Waals surface area contributed by atoms with Gasteiger partial charge >= 0.3 is 0 Å². The summed E-state index contributed by atoms with van der Waals surface area (Å²) in [5, 5.41) is 4.53. The minimum absolute atomic E-state index is 0.622. The number of nitrogens with one attached hydrogen (secondary N) is 1. The third-order valence-electron chi connectivity index (χ3n) is 4.02. The lowest BCUT2D eigenvalue weighted by molar-refractivity contribution is 0.204. The Labute approximate surface area is 120 Å². The number of piperidine rings is 1. The van der Waals surface area contributed by atoms with Crippen LogP contribution in [-0.2, 0) is 0 Å². The van der Waals surface area contributed by atoms with Crippen molar-refractivity contribution in [3.8, 4) is 0 Å². The smallest absolute Gasteiger partial charge is 0.139 e. The molecule has 0 saturated carbocycles. The van der Waals surface area contributed by atoms with E-state index >= 15 is 0 Å². The van der Waals surface area contributed by atoms with E-state index < -0.39 is 0 Å². The van der Waals surface area contributed by atoms with Gasteiger partial charge in [0.05, 0.1) is 11.6 Å². The standard InChI is InChI=1S/C16H23N3O/c1-13(12-19-8-3-2-4-9-19)11-18-16-14-6-10-20-15(14)5-7-17-16/h5-7,10,13H,2-4,8-9,11-12H2,1H3,(H,17,18). The molecule has 0 spiro atoms. The highest BCUT2D eigenvalue weighted by atomic mass is 16.3. The molecule has 20 heavy (non-hydrogen) atoms. The van der Waals surface area contributed by atoms with Gasteiger partial charge in [-0.05, 0) is 44.0 Å². The summed E-state index contributed by atoms with van der Waals surface area (Å²) in [4.78, 5) is 7.00. The predicted molar refractivity (Wildman–Crippen MR) is 82.0 cm³/mol. The molecule has 1 aliphatic heterocycles. The van der Waals surface area contributed by atoms with E-state index in [4.69, 9.17) is 4.42 Å². The Bertz CT molecular complexity index is 545. The molecule has 0 amide bonds. The van der Waals surface area contributed by atoms with Gasteiger partial charge in [-0.2, -0.15) is 0 Å². The number of furan rings is 1. The first-order valence-corrected chi connectivity index (χ1v) is 7.61. The third kappa shape index (κ3) is 3.12. The molecule has 2 aromatic rings. The normalized spacial score (nSPS) is 18.2. The van der Waals surface area contributed by atoms with Gasteiger partial charge in [-0.25, -0.2) is 4.98 Å². The zero-order valence-corrected chi connectivity index (χ0v) is 12.1. The number of aromatic nitrogens is 1. The Morgan fingerprint density at radius 3 is 3.00 bits per heavy atom. The van der Waals surface area contributed by atoms with E-state index in [9.17, 15) is 0 Å². The van der Waals surface area contributed by atoms with E-state index in [1.807, 2.05) is 12.1 Å². The van der Waals surface area contributed by atoms with Gasteiger partial charge in [0, 0.05) is 19.3 Å². The van der Waals surface area contributed by atoms with E-state index in [0.717, 1.165) is 23.3 Å². The highest BCUT2D eigenvalue weighted by molar-refractivity contribution is 5.87. The van der Waals surface area contributed by atoms with Crippen molar-refractivity contribution in [3.63, 3.8) is 0 Å². The number of rotatable bonds is 5. The molecule has 1 saturated heterocycles. The molecule has 0 aromatic carbocycles. The fraction of sp³-hybridized carbons (Fsp3) is 0.562. The van der Waals surface area contributed by atoms with Crippen LogP contribution in [-0.4, -0.2) is 36.1 Å². The number of hydrogen-bond acceptors (Lipinski definition) is 4. The predicted octanol–water partition coefficient (Wildman–Crippen LogP) is 3.36. The van der Waals surface area contributed by atoms with Gasteiger partial charge in [-0.15, -0.1) is 0 Å². The minimum Gasteiger partial charge on any atom is -0.464 e. The number of hydrogen-bond donors (Lipinski definition) is 1. The molecule has 3 rings (SSSR count). The first-order valence-electron chi connectivity index (χ1n) is 7.61. The highest BCUT2D eigenvalue weighted by Crippen LogP contribution is 2.22. The van der Waals surface area contributed by atoms with E-state index in [1.165, 1.54) is 38.9 Å². The molecule has 1 atom stereocenters. The van der Waals surface area contributed by atoms with Crippen LogP contribution in [0.1, 0.15) is 26.2 Å². The van der Waals surface area contributed by atoms with Crippen molar-refractivity contribution in [2.45, 2.75) is 26.2 Å². The van der Waals surface area contributed by atoms with Crippen molar-refractivity contribution in [1.29, 1.82) is 0 Å². The minimum atomic E-state index is 0.622. The molecule has 1 fully saturated rings. The average molecular weight is 273 g/mol. The summed E-state index contributed by atoms with van der Waals surface area (Å²) in [5.74, 6) is 1.55. The second-order valence-electron chi connectivity index (χ2n) is 5.84. The summed E-state index contributed by atoms with van der Waals surface area (Å²) in [6, 6.07) is 3.87. The van der Waals surface area contributed by atoms with Gasteiger partial charge in [0.1, 0.15) is 11.4 Å². The Morgan fingerprint density at radius 1 is 1.30 bits per heavy atom. The molecule has 108 valence electrons. The van der Waals surface area contributed by atoms with Crippen LogP contribution in [0.3, 0.4) is 0 Å². The summed E-state index contributed by atoms with van der Waals surface area (Å²) in [6.07, 6.45) is 7.62. The van der Waals surface area contributed by atoms with E-state index in [2.05, 4.69) is 22.1 Å². The molecule has 1 N–H and O–H groups in total. The molecule has 0 bridgehead atoms. The Balaban J connectivity index is 1.54. The molecule has 4 nitrogen and oxygen atoms in total. The van der Waals surface area contributed by atoms with Crippen LogP contribution in [0.2, 0.25) is 0 Å². The number of anilines is 1. The van der Waals surface area contributed by atoms with Crippen LogP contribution in [0.4, 0.5) is 5.82 Å². The van der Waals surface area contributed by atoms with Crippen LogP contribution in [0.15, 0.2) is 29.0 Å². The molecule has 3 heterocycles. The summed E-state index contributed by atoms with van der Waals surface area (Å²) in [6.45, 7) is 6.96. The van der Waals surface area contributed by atoms with Crippen LogP contribution < -0.4 is 5.32 Å². The second kappa shape index (κ2) is 6.27. The maximum absolute atomic E-state index is 5.40. The quantitative estimate of drug-likeness (QED) is 0.907. The van der Waals surface area contributed by atoms with Crippen LogP contribution in [0.5, 0.6) is 0 Å². The van der Waals surface area contributed by atoms with Gasteiger partial charge in [0.15, 0.2) is 0 Å². The molecule has 0 radical (unpaired) electrons. The third-order valence-corrected chi connectivity index (χ3v) is 4.02. The Kier molecular flexibility index (Phi) is 4.21. The van der Waals surface area contributed by atoms with Crippen molar-refractivity contribution in [2.24, 2.45) is 5.92 Å². The fourth-order valence-electron chi connectivity index (χ4n) is 2.95. The maximum atomic E-state index is 5.40. The topological polar surface area (TPSA) is 41.3 Å². The fourth-order valence-corrected chi connectivity index (χ4v) is 2.95. The van der Waals surface area contributed by atoms with E-state index in [1.54, 1.807) is 12.5 Å². The van der Waals surface area contributed by atoms with E-state index in [-0.39, 0.29) is 0 Å². The molecular weight excluding hydrogens is 250 g/mol. The zero-order valence-electron chi connectivity index (χ0n) is 12.1. The van der Waals surface area contributed by atoms with Crippen molar-refractivity contribution in [3.05, 3.63) is 24.6 Å². The average Bonchev–Trinajstić information content (AvgIpc) is 2.95. The van der Waals surface area contributed by atoms with Gasteiger partial charge in [-0.1, -0.05) is 13.3 Å². The SMILES string of the molecule is CC(CNc1nccc2occc12)CN1CCCCC1. The van der Waals surface area contributed by atoms with Gasteiger partial charge < -0.3 is 14.6 Å². The second-order valence-corrected chi connectivity index (χ2v) is 5.84. The van der Waals surface area contributed by atoms with Crippen molar-refractivity contribution in [2.75, 3.05) is 31.5 Å². The Hall–Kier alpha value is -1.55. The van der Waals surface area contributed by atoms with Crippen LogP contribution in [0, 0.1) is 5.92 Å². The lowest BCUT2D eigenvalue weighted by Gasteiger charge is -2.29. The first kappa shape index (κ1) is 13.4. The van der Waals surface area contributed by atoms with Gasteiger partial charge in [0.2, 0.25) is 0 Å². The van der Waals surface area contributed by atoms with Gasteiger partial charge in [0.25, 0.3) is 0 Å². The largest absolute Gasteiger partial charge is 0.464 e. The molecule has 1 aliphatic rings. The molecule has 4 heteroatoms. The lowest BCUT2D eigenvalue weighted by Crippen LogP contribution is -2.35. The van der Waals surface area contributed by atoms with Crippen LogP contribution >= 0.6 is 0 Å². The van der Waals surface area contributed by atoms with Crippen LogP contribution in [0.25, 0.3) is 11.0 Å². The van der Waals surface area contributed by atoms with Crippen molar-refractivity contribution >= 4 is 16.8 Å². The lowest BCUT2D eigenvalue weighted by atomic mass is 10.1. The van der Waals surface area contributed by atoms with Crippen molar-refractivity contribution < 1.29 is 4.42 Å². The molecule has 2 aromatic heterocycles. The molecule has 0 aliphatic carbocycles. The molecule has 1 unspecified atom stereocenters. The summed E-state index contributed by atoms with van der Waals surface area (Å²) >= 11 is 0. The number of pyridine rings is 1. The number of nitrogens with zero attached hydrogens (tertiary/aromatic N) is 2. The zero-order chi connectivity index (χ0) is 13.8. The summed E-state index contributed by atoms with van der Waals surface area (Å²) < 4.78 is 5.40. The summed E-state index contributed by atoms with van der Waals surface area (Å²) in [5.41, 5.74) is 0.895. The monoisotopic (exact) mass is 273 g/mol. The highest BCUT2D eigenvalue weighted by Gasteiger charge is 2.14. The summed E-state index contributed by atoms with van der Waals surface area (Å²) in [7, 11) is 0. The first-order chi connectivity index (χ1) is 9.83. The number of fused-ring (bicyclic) bond motifs is 1. The number of likely N-dealkylation sites (tertiary alicyclic amines) is 1. The molecular formula is C16H23N3O. The van der Waals surface area contributed by atoms with Gasteiger partial charge in [-0.3, -0.25) is 0 Å². The van der Waals surface area contributed by atoms with E-state index in [0.29, 0.717) is 5.92 Å².